The van der Waals surface area contributed by atoms with Crippen LogP contribution in [0.1, 0.15) is 26.2 Å². The van der Waals surface area contributed by atoms with Crippen molar-refractivity contribution in [3.63, 3.8) is 0 Å². The van der Waals surface area contributed by atoms with Gasteiger partial charge in [-0.1, -0.05) is 6.08 Å². The van der Waals surface area contributed by atoms with E-state index in [1.54, 1.807) is 6.92 Å². The summed E-state index contributed by atoms with van der Waals surface area (Å²) in [7, 11) is 0. The van der Waals surface area contributed by atoms with Crippen LogP contribution in [0.5, 0.6) is 0 Å². The molecule has 0 radical (unpaired) electrons. The minimum atomic E-state index is -1.09. The quantitative estimate of drug-likeness (QED) is 0.527. The molecule has 0 bridgehead atoms. The first-order chi connectivity index (χ1) is 7.53. The summed E-state index contributed by atoms with van der Waals surface area (Å²) in [5, 5.41) is 9.85. The van der Waals surface area contributed by atoms with E-state index in [0.717, 1.165) is 12.5 Å². The Hall–Kier alpha value is -1.36. The molecule has 2 unspecified atom stereocenters. The Morgan fingerprint density at radius 2 is 2.31 bits per heavy atom. The summed E-state index contributed by atoms with van der Waals surface area (Å²) in [4.78, 5) is 22.5. The highest BCUT2D eigenvalue weighted by Gasteiger charge is 2.47. The summed E-state index contributed by atoms with van der Waals surface area (Å²) in [6.45, 7) is 1.95. The molecule has 0 spiro atoms. The molecule has 0 saturated heterocycles. The van der Waals surface area contributed by atoms with Gasteiger partial charge in [0.1, 0.15) is 5.41 Å². The maximum absolute atomic E-state index is 11.8. The molecule has 90 valence electrons. The molecule has 1 amide bonds. The van der Waals surface area contributed by atoms with Gasteiger partial charge < -0.3 is 15.6 Å². The van der Waals surface area contributed by atoms with Gasteiger partial charge in [-0.05, 0) is 32.3 Å². The average Bonchev–Trinajstić information content (AvgIpc) is 2.58. The van der Waals surface area contributed by atoms with E-state index in [2.05, 4.69) is 0 Å². The number of carbonyl (C=O) groups is 2. The van der Waals surface area contributed by atoms with Gasteiger partial charge >= 0.3 is 5.97 Å². The van der Waals surface area contributed by atoms with Crippen molar-refractivity contribution in [3.8, 4) is 0 Å². The number of amides is 1. The van der Waals surface area contributed by atoms with Gasteiger partial charge in [-0.15, -0.1) is 0 Å². The summed E-state index contributed by atoms with van der Waals surface area (Å²) in [6.07, 6.45) is 3.43. The second-order valence-corrected chi connectivity index (χ2v) is 3.90. The zero-order valence-corrected chi connectivity index (χ0v) is 9.31. The zero-order valence-electron chi connectivity index (χ0n) is 9.31. The molecular formula is C11H17NO4. The van der Waals surface area contributed by atoms with Crippen LogP contribution in [0, 0.1) is 5.41 Å². The van der Waals surface area contributed by atoms with Gasteiger partial charge in [-0.3, -0.25) is 9.59 Å². The Bertz CT molecular complexity index is 313. The standard InChI is InChI=1S/C11H17NO4/c1-2-16-10(15)11(7-5-9(12)14)6-3-4-8(11)13/h5,7-8,13H,2-4,6H2,1H3,(H2,12,14)/b7-5+. The first-order valence-corrected chi connectivity index (χ1v) is 5.37. The predicted octanol–water partition coefficient (Wildman–Crippen LogP) is 0.122. The zero-order chi connectivity index (χ0) is 12.2. The number of ether oxygens (including phenoxy) is 1. The van der Waals surface area contributed by atoms with Gasteiger partial charge in [-0.25, -0.2) is 0 Å². The van der Waals surface area contributed by atoms with Crippen molar-refractivity contribution in [1.82, 2.24) is 0 Å². The largest absolute Gasteiger partial charge is 0.465 e. The van der Waals surface area contributed by atoms with Crippen LogP contribution in [0.3, 0.4) is 0 Å². The smallest absolute Gasteiger partial charge is 0.318 e. The predicted molar refractivity (Wildman–Crippen MR) is 57.3 cm³/mol. The van der Waals surface area contributed by atoms with Crippen LogP contribution in [-0.4, -0.2) is 29.7 Å². The van der Waals surface area contributed by atoms with Crippen LogP contribution < -0.4 is 5.73 Å². The van der Waals surface area contributed by atoms with E-state index in [4.69, 9.17) is 10.5 Å². The number of aliphatic hydroxyl groups is 1. The van der Waals surface area contributed by atoms with Crippen LogP contribution >= 0.6 is 0 Å². The molecule has 1 rings (SSSR count). The second kappa shape index (κ2) is 5.12. The number of esters is 1. The Kier molecular flexibility index (Phi) is 4.06. The van der Waals surface area contributed by atoms with E-state index in [-0.39, 0.29) is 6.61 Å². The van der Waals surface area contributed by atoms with Crippen molar-refractivity contribution >= 4 is 11.9 Å². The molecule has 2 atom stereocenters. The van der Waals surface area contributed by atoms with E-state index in [1.807, 2.05) is 0 Å². The van der Waals surface area contributed by atoms with Gasteiger partial charge in [0.25, 0.3) is 0 Å². The van der Waals surface area contributed by atoms with E-state index in [1.165, 1.54) is 6.08 Å². The first-order valence-electron chi connectivity index (χ1n) is 5.37. The lowest BCUT2D eigenvalue weighted by molar-refractivity contribution is -0.156. The van der Waals surface area contributed by atoms with Crippen LogP contribution in [0.25, 0.3) is 0 Å². The Morgan fingerprint density at radius 3 is 2.75 bits per heavy atom. The SMILES string of the molecule is CCOC(=O)C1(/C=C/C(N)=O)CCCC1O. The van der Waals surface area contributed by atoms with E-state index < -0.39 is 23.4 Å². The van der Waals surface area contributed by atoms with Crippen molar-refractivity contribution in [2.24, 2.45) is 11.1 Å². The van der Waals surface area contributed by atoms with Crippen LogP contribution in [-0.2, 0) is 14.3 Å². The lowest BCUT2D eigenvalue weighted by atomic mass is 9.83. The molecule has 0 aliphatic heterocycles. The number of rotatable bonds is 4. The molecule has 0 aromatic rings. The highest BCUT2D eigenvalue weighted by atomic mass is 16.5. The second-order valence-electron chi connectivity index (χ2n) is 3.90. The molecule has 3 N–H and O–H groups in total. The Balaban J connectivity index is 2.93. The van der Waals surface area contributed by atoms with Crippen molar-refractivity contribution in [3.05, 3.63) is 12.2 Å². The summed E-state index contributed by atoms with van der Waals surface area (Å²) in [5.74, 6) is -1.12. The number of aliphatic hydroxyl groups excluding tert-OH is 1. The minimum absolute atomic E-state index is 0.248. The van der Waals surface area contributed by atoms with Crippen LogP contribution in [0.15, 0.2) is 12.2 Å². The molecule has 5 nitrogen and oxygen atoms in total. The highest BCUT2D eigenvalue weighted by molar-refractivity contribution is 5.88. The van der Waals surface area contributed by atoms with Gasteiger partial charge in [0, 0.05) is 0 Å². The average molecular weight is 227 g/mol. The lowest BCUT2D eigenvalue weighted by Gasteiger charge is -2.26. The van der Waals surface area contributed by atoms with Crippen molar-refractivity contribution in [2.45, 2.75) is 32.3 Å². The summed E-state index contributed by atoms with van der Waals surface area (Å²) < 4.78 is 4.93. The molecule has 1 fully saturated rings. The number of carbonyl (C=O) groups excluding carboxylic acids is 2. The number of nitrogens with two attached hydrogens (primary N) is 1. The molecule has 1 aliphatic carbocycles. The van der Waals surface area contributed by atoms with Gasteiger partial charge in [0.2, 0.25) is 5.91 Å². The third-order valence-corrected chi connectivity index (χ3v) is 2.86. The minimum Gasteiger partial charge on any atom is -0.465 e. The lowest BCUT2D eigenvalue weighted by Crippen LogP contribution is -2.38. The first kappa shape index (κ1) is 12.7. The van der Waals surface area contributed by atoms with E-state index in [0.29, 0.717) is 12.8 Å². The summed E-state index contributed by atoms with van der Waals surface area (Å²) in [6, 6.07) is 0. The van der Waals surface area contributed by atoms with E-state index in [9.17, 15) is 14.7 Å². The molecule has 0 aromatic heterocycles. The Labute approximate surface area is 94.3 Å². The summed E-state index contributed by atoms with van der Waals surface area (Å²) in [5.41, 5.74) is 3.90. The number of hydrogen-bond acceptors (Lipinski definition) is 4. The van der Waals surface area contributed by atoms with Crippen molar-refractivity contribution in [1.29, 1.82) is 0 Å². The third kappa shape index (κ3) is 2.41. The fourth-order valence-electron chi connectivity index (χ4n) is 2.01. The molecular weight excluding hydrogens is 210 g/mol. The number of hydrogen-bond donors (Lipinski definition) is 2. The van der Waals surface area contributed by atoms with Crippen molar-refractivity contribution < 1.29 is 19.4 Å². The molecule has 0 aromatic carbocycles. The fraction of sp³-hybridized carbons (Fsp3) is 0.636. The van der Waals surface area contributed by atoms with Crippen molar-refractivity contribution in [2.75, 3.05) is 6.61 Å². The monoisotopic (exact) mass is 227 g/mol. The molecule has 0 heterocycles. The maximum Gasteiger partial charge on any atom is 0.318 e. The molecule has 1 aliphatic rings. The molecule has 16 heavy (non-hydrogen) atoms. The normalized spacial score (nSPS) is 29.5. The van der Waals surface area contributed by atoms with E-state index >= 15 is 0 Å². The topological polar surface area (TPSA) is 89.6 Å². The van der Waals surface area contributed by atoms with Crippen LogP contribution in [0.4, 0.5) is 0 Å². The van der Waals surface area contributed by atoms with Gasteiger partial charge in [0.05, 0.1) is 12.7 Å². The maximum atomic E-state index is 11.8. The number of primary amides is 1. The molecule has 5 heteroatoms. The Morgan fingerprint density at radius 1 is 1.62 bits per heavy atom. The van der Waals surface area contributed by atoms with Gasteiger partial charge in [-0.2, -0.15) is 0 Å². The molecule has 1 saturated carbocycles. The highest BCUT2D eigenvalue weighted by Crippen LogP contribution is 2.40. The van der Waals surface area contributed by atoms with Gasteiger partial charge in [0.15, 0.2) is 0 Å². The summed E-state index contributed by atoms with van der Waals surface area (Å²) >= 11 is 0. The fourth-order valence-corrected chi connectivity index (χ4v) is 2.01. The van der Waals surface area contributed by atoms with Crippen LogP contribution in [0.2, 0.25) is 0 Å². The third-order valence-electron chi connectivity index (χ3n) is 2.86.